The first kappa shape index (κ1) is 17.2. The smallest absolute Gasteiger partial charge is 0.00104 e. The Labute approximate surface area is 118 Å². The third kappa shape index (κ3) is 7.25. The molecule has 0 bridgehead atoms. The maximum absolute atomic E-state index is 4.15. The Kier molecular flexibility index (Phi) is 9.16. The fraction of sp³-hybridized carbons (Fsp3) is 0.263. The largest absolute Gasteiger partial charge is 0.0991 e. The molecule has 1 unspecified atom stereocenters. The Morgan fingerprint density at radius 3 is 2.42 bits per heavy atom. The van der Waals surface area contributed by atoms with Gasteiger partial charge in [-0.25, -0.2) is 0 Å². The van der Waals surface area contributed by atoms with Crippen molar-refractivity contribution in [1.82, 2.24) is 0 Å². The van der Waals surface area contributed by atoms with Gasteiger partial charge in [0.05, 0.1) is 0 Å². The summed E-state index contributed by atoms with van der Waals surface area (Å²) in [6.45, 7) is 18.1. The summed E-state index contributed by atoms with van der Waals surface area (Å²) in [4.78, 5) is 0. The van der Waals surface area contributed by atoms with Gasteiger partial charge in [-0.15, -0.1) is 0 Å². The molecule has 0 radical (unpaired) electrons. The first-order chi connectivity index (χ1) is 9.04. The van der Waals surface area contributed by atoms with Gasteiger partial charge in [0.2, 0.25) is 0 Å². The van der Waals surface area contributed by atoms with E-state index in [1.807, 2.05) is 25.2 Å². The number of rotatable bonds is 8. The van der Waals surface area contributed by atoms with Gasteiger partial charge in [-0.2, -0.15) is 0 Å². The van der Waals surface area contributed by atoms with E-state index in [9.17, 15) is 0 Å². The van der Waals surface area contributed by atoms with Crippen LogP contribution in [0.1, 0.15) is 27.2 Å². The summed E-state index contributed by atoms with van der Waals surface area (Å²) >= 11 is 0. The molecule has 0 aliphatic carbocycles. The number of hydrogen-bond donors (Lipinski definition) is 0. The standard InChI is InChI=1S/C19H26/c1-7-9-11-12-13-15-17(4)19(6)18(5)16(3)14-10-8-2/h7-11,13-15,17H,1,5-6,12H2,2-4H3/b10-8-,11-9-,15-13-,16-14-. The molecule has 0 aliphatic heterocycles. The highest BCUT2D eigenvalue weighted by Crippen LogP contribution is 2.23. The molecule has 0 aromatic rings. The first-order valence-electron chi connectivity index (χ1n) is 6.66. The van der Waals surface area contributed by atoms with E-state index in [-0.39, 0.29) is 0 Å². The first-order valence-corrected chi connectivity index (χ1v) is 6.66. The average Bonchev–Trinajstić information content (AvgIpc) is 2.42. The second-order valence-electron chi connectivity index (χ2n) is 4.50. The highest BCUT2D eigenvalue weighted by Gasteiger charge is 2.07. The lowest BCUT2D eigenvalue weighted by Crippen LogP contribution is -1.98. The molecule has 0 saturated heterocycles. The molecule has 0 aliphatic rings. The van der Waals surface area contributed by atoms with Gasteiger partial charge in [-0.1, -0.05) is 75.3 Å². The topological polar surface area (TPSA) is 0 Å². The Balaban J connectivity index is 4.52. The molecule has 102 valence electrons. The van der Waals surface area contributed by atoms with Crippen molar-refractivity contribution in [3.63, 3.8) is 0 Å². The molecule has 0 nitrogen and oxygen atoms in total. The van der Waals surface area contributed by atoms with Crippen LogP contribution < -0.4 is 0 Å². The number of allylic oxidation sites excluding steroid dienone is 11. The minimum atomic E-state index is 0.304. The summed E-state index contributed by atoms with van der Waals surface area (Å²) in [6.07, 6.45) is 17.1. The molecule has 0 N–H and O–H groups in total. The van der Waals surface area contributed by atoms with Gasteiger partial charge in [-0.05, 0) is 42.9 Å². The maximum Gasteiger partial charge on any atom is -0.00104 e. The molecule has 0 rings (SSSR count). The van der Waals surface area contributed by atoms with E-state index in [0.717, 1.165) is 23.1 Å². The Hall–Kier alpha value is -1.82. The van der Waals surface area contributed by atoms with Crippen LogP contribution in [0.15, 0.2) is 85.1 Å². The van der Waals surface area contributed by atoms with Crippen LogP contribution in [0.2, 0.25) is 0 Å². The third-order valence-electron chi connectivity index (χ3n) is 2.92. The van der Waals surface area contributed by atoms with E-state index >= 15 is 0 Å². The van der Waals surface area contributed by atoms with Crippen LogP contribution in [0.5, 0.6) is 0 Å². The fourth-order valence-electron chi connectivity index (χ4n) is 1.52. The minimum Gasteiger partial charge on any atom is -0.0991 e. The van der Waals surface area contributed by atoms with Gasteiger partial charge in [0.25, 0.3) is 0 Å². The van der Waals surface area contributed by atoms with Gasteiger partial charge in [0, 0.05) is 0 Å². The maximum atomic E-state index is 4.15. The molecular weight excluding hydrogens is 228 g/mol. The second-order valence-corrected chi connectivity index (χ2v) is 4.50. The molecule has 0 spiro atoms. The van der Waals surface area contributed by atoms with Crippen LogP contribution >= 0.6 is 0 Å². The zero-order valence-corrected chi connectivity index (χ0v) is 12.5. The van der Waals surface area contributed by atoms with Gasteiger partial charge in [0.1, 0.15) is 0 Å². The molecule has 19 heavy (non-hydrogen) atoms. The summed E-state index contributed by atoms with van der Waals surface area (Å²) in [6, 6.07) is 0. The monoisotopic (exact) mass is 254 g/mol. The molecule has 0 saturated carbocycles. The van der Waals surface area contributed by atoms with Crippen molar-refractivity contribution >= 4 is 0 Å². The quantitative estimate of drug-likeness (QED) is 0.371. The summed E-state index contributed by atoms with van der Waals surface area (Å²) in [5, 5.41) is 0. The molecule has 0 aromatic carbocycles. The van der Waals surface area contributed by atoms with E-state index in [4.69, 9.17) is 0 Å². The van der Waals surface area contributed by atoms with Crippen molar-refractivity contribution < 1.29 is 0 Å². The van der Waals surface area contributed by atoms with Crippen LogP contribution in [0.4, 0.5) is 0 Å². The van der Waals surface area contributed by atoms with Crippen LogP contribution in [0.3, 0.4) is 0 Å². The predicted octanol–water partition coefficient (Wildman–Crippen LogP) is 5.95. The zero-order chi connectivity index (χ0) is 14.7. The summed E-state index contributed by atoms with van der Waals surface area (Å²) in [7, 11) is 0. The lowest BCUT2D eigenvalue weighted by molar-refractivity contribution is 0.876. The Morgan fingerprint density at radius 1 is 1.16 bits per heavy atom. The van der Waals surface area contributed by atoms with Crippen molar-refractivity contribution in [3.8, 4) is 0 Å². The second kappa shape index (κ2) is 10.1. The van der Waals surface area contributed by atoms with Crippen LogP contribution in [-0.4, -0.2) is 0 Å². The number of hydrogen-bond acceptors (Lipinski definition) is 0. The van der Waals surface area contributed by atoms with E-state index in [1.54, 1.807) is 6.08 Å². The molecule has 0 aromatic heterocycles. The summed E-state index contributed by atoms with van der Waals surface area (Å²) < 4.78 is 0. The highest BCUT2D eigenvalue weighted by molar-refractivity contribution is 5.45. The Morgan fingerprint density at radius 2 is 1.84 bits per heavy atom. The zero-order valence-electron chi connectivity index (χ0n) is 12.5. The van der Waals surface area contributed by atoms with Crippen molar-refractivity contribution in [2.24, 2.45) is 5.92 Å². The van der Waals surface area contributed by atoms with Crippen LogP contribution in [0.25, 0.3) is 0 Å². The molecule has 0 heterocycles. The third-order valence-corrected chi connectivity index (χ3v) is 2.92. The molecule has 0 fully saturated rings. The van der Waals surface area contributed by atoms with Gasteiger partial charge >= 0.3 is 0 Å². The van der Waals surface area contributed by atoms with E-state index < -0.39 is 0 Å². The van der Waals surface area contributed by atoms with E-state index in [1.165, 1.54) is 0 Å². The molecule has 1 atom stereocenters. The van der Waals surface area contributed by atoms with E-state index in [0.29, 0.717) is 5.92 Å². The fourth-order valence-corrected chi connectivity index (χ4v) is 1.52. The van der Waals surface area contributed by atoms with Crippen molar-refractivity contribution in [2.45, 2.75) is 27.2 Å². The highest BCUT2D eigenvalue weighted by atomic mass is 14.1. The van der Waals surface area contributed by atoms with Crippen molar-refractivity contribution in [3.05, 3.63) is 85.1 Å². The van der Waals surface area contributed by atoms with E-state index in [2.05, 4.69) is 57.9 Å². The van der Waals surface area contributed by atoms with Gasteiger partial charge < -0.3 is 0 Å². The van der Waals surface area contributed by atoms with Crippen molar-refractivity contribution in [2.75, 3.05) is 0 Å². The Bertz CT molecular complexity index is 425. The normalized spacial score (nSPS) is 14.4. The predicted molar refractivity (Wildman–Crippen MR) is 89.1 cm³/mol. The minimum absolute atomic E-state index is 0.304. The van der Waals surface area contributed by atoms with Gasteiger partial charge in [-0.3, -0.25) is 0 Å². The molecular formula is C19H26. The molecule has 0 amide bonds. The molecule has 0 heteroatoms. The van der Waals surface area contributed by atoms with Gasteiger partial charge in [0.15, 0.2) is 0 Å². The lowest BCUT2D eigenvalue weighted by Gasteiger charge is -2.14. The average molecular weight is 254 g/mol. The van der Waals surface area contributed by atoms with Crippen LogP contribution in [-0.2, 0) is 0 Å². The SMILES string of the molecule is C=C/C=C\C/C=C\C(C)C(=C)C(=C)/C(C)=C\C=C/C. The van der Waals surface area contributed by atoms with Crippen molar-refractivity contribution in [1.29, 1.82) is 0 Å². The summed E-state index contributed by atoms with van der Waals surface area (Å²) in [5.41, 5.74) is 3.26. The van der Waals surface area contributed by atoms with Crippen LogP contribution in [0, 0.1) is 5.92 Å². The summed E-state index contributed by atoms with van der Waals surface area (Å²) in [5.74, 6) is 0.304. The lowest BCUT2D eigenvalue weighted by atomic mass is 9.91.